The Balaban J connectivity index is 2.05. The third-order valence-corrected chi connectivity index (χ3v) is 3.50. The average molecular weight is 325 g/mol. The number of aromatic nitrogens is 3. The quantitative estimate of drug-likeness (QED) is 0.675. The number of rotatable bonds is 5. The molecule has 3 rings (SSSR count). The van der Waals surface area contributed by atoms with Crippen molar-refractivity contribution in [2.45, 2.75) is 13.5 Å². The van der Waals surface area contributed by atoms with Crippen molar-refractivity contribution in [3.05, 3.63) is 71.7 Å². The minimum atomic E-state index is -0.545. The molecule has 0 unspecified atom stereocenters. The van der Waals surface area contributed by atoms with Crippen LogP contribution in [0.1, 0.15) is 23.0 Å². The molecule has 0 fully saturated rings. The highest BCUT2D eigenvalue weighted by Gasteiger charge is 2.22. The summed E-state index contributed by atoms with van der Waals surface area (Å²) in [4.78, 5) is 12.2. The molecule has 0 bridgehead atoms. The first-order valence-electron chi connectivity index (χ1n) is 7.59. The van der Waals surface area contributed by atoms with Gasteiger partial charge in [0.15, 0.2) is 5.69 Å². The number of ether oxygens (including phenoxy) is 1. The standard InChI is InChI=1S/C18H16FN3O2/c1-2-24-18(23)16-17(14-8-10-15(19)11-9-14)22(21-20-16)12-13-6-4-3-5-7-13/h3-11H,2,12H2,1H3. The molecule has 0 saturated carbocycles. The summed E-state index contributed by atoms with van der Waals surface area (Å²) in [5, 5.41) is 8.06. The molecule has 1 aromatic heterocycles. The Morgan fingerprint density at radius 1 is 1.12 bits per heavy atom. The van der Waals surface area contributed by atoms with E-state index in [2.05, 4.69) is 10.3 Å². The summed E-state index contributed by atoms with van der Waals surface area (Å²) < 4.78 is 19.9. The van der Waals surface area contributed by atoms with Crippen molar-refractivity contribution in [3.8, 4) is 11.3 Å². The fraction of sp³-hybridized carbons (Fsp3) is 0.167. The number of halogens is 1. The highest BCUT2D eigenvalue weighted by Crippen LogP contribution is 2.24. The van der Waals surface area contributed by atoms with Gasteiger partial charge < -0.3 is 4.74 Å². The molecule has 5 nitrogen and oxygen atoms in total. The smallest absolute Gasteiger partial charge is 0.361 e. The summed E-state index contributed by atoms with van der Waals surface area (Å²) in [5.74, 6) is -0.894. The van der Waals surface area contributed by atoms with Gasteiger partial charge in [-0.1, -0.05) is 35.5 Å². The Hall–Kier alpha value is -3.02. The van der Waals surface area contributed by atoms with Gasteiger partial charge in [-0.3, -0.25) is 0 Å². The van der Waals surface area contributed by atoms with E-state index in [1.165, 1.54) is 12.1 Å². The van der Waals surface area contributed by atoms with Gasteiger partial charge in [-0.25, -0.2) is 13.9 Å². The molecule has 2 aromatic carbocycles. The first-order valence-corrected chi connectivity index (χ1v) is 7.59. The molecule has 6 heteroatoms. The molecular formula is C18H16FN3O2. The molecule has 0 atom stereocenters. The van der Waals surface area contributed by atoms with Crippen LogP contribution in [0.25, 0.3) is 11.3 Å². The molecule has 122 valence electrons. The first-order chi connectivity index (χ1) is 11.7. The van der Waals surface area contributed by atoms with E-state index in [-0.39, 0.29) is 18.1 Å². The Morgan fingerprint density at radius 3 is 2.50 bits per heavy atom. The Morgan fingerprint density at radius 2 is 1.83 bits per heavy atom. The number of hydrogen-bond donors (Lipinski definition) is 0. The van der Waals surface area contributed by atoms with Gasteiger partial charge in [0.2, 0.25) is 0 Å². The van der Waals surface area contributed by atoms with Gasteiger partial charge in [-0.15, -0.1) is 5.10 Å². The molecule has 0 N–H and O–H groups in total. The van der Waals surface area contributed by atoms with Gasteiger partial charge in [0.1, 0.15) is 11.5 Å². The molecule has 0 radical (unpaired) electrons. The average Bonchev–Trinajstić information content (AvgIpc) is 3.00. The highest BCUT2D eigenvalue weighted by atomic mass is 19.1. The lowest BCUT2D eigenvalue weighted by molar-refractivity contribution is 0.0520. The highest BCUT2D eigenvalue weighted by molar-refractivity contribution is 5.94. The van der Waals surface area contributed by atoms with Crippen molar-refractivity contribution < 1.29 is 13.9 Å². The fourth-order valence-electron chi connectivity index (χ4n) is 2.41. The van der Waals surface area contributed by atoms with Crippen LogP contribution in [0.3, 0.4) is 0 Å². The number of esters is 1. The molecule has 0 aliphatic heterocycles. The summed E-state index contributed by atoms with van der Waals surface area (Å²) in [6, 6.07) is 15.6. The van der Waals surface area contributed by atoms with Crippen LogP contribution in [-0.4, -0.2) is 27.6 Å². The second-order valence-electron chi connectivity index (χ2n) is 5.16. The van der Waals surface area contributed by atoms with E-state index >= 15 is 0 Å². The zero-order chi connectivity index (χ0) is 16.9. The van der Waals surface area contributed by atoms with Crippen LogP contribution in [-0.2, 0) is 11.3 Å². The summed E-state index contributed by atoms with van der Waals surface area (Å²) in [5.41, 5.74) is 2.30. The van der Waals surface area contributed by atoms with Gasteiger partial charge in [0.25, 0.3) is 0 Å². The summed E-state index contributed by atoms with van der Waals surface area (Å²) >= 11 is 0. The minimum Gasteiger partial charge on any atom is -0.461 e. The van der Waals surface area contributed by atoms with Crippen LogP contribution in [0, 0.1) is 5.82 Å². The van der Waals surface area contributed by atoms with Gasteiger partial charge in [-0.05, 0) is 36.8 Å². The first kappa shape index (κ1) is 15.9. The normalized spacial score (nSPS) is 10.6. The molecule has 0 aliphatic carbocycles. The van der Waals surface area contributed by atoms with Crippen LogP contribution in [0.15, 0.2) is 54.6 Å². The number of carbonyl (C=O) groups is 1. The van der Waals surface area contributed by atoms with Gasteiger partial charge in [-0.2, -0.15) is 0 Å². The van der Waals surface area contributed by atoms with Crippen LogP contribution < -0.4 is 0 Å². The minimum absolute atomic E-state index is 0.124. The van der Waals surface area contributed by atoms with Gasteiger partial charge in [0.05, 0.1) is 13.2 Å². The maximum absolute atomic E-state index is 13.2. The predicted molar refractivity (Wildman–Crippen MR) is 86.9 cm³/mol. The number of carbonyl (C=O) groups excluding carboxylic acids is 1. The van der Waals surface area contributed by atoms with Gasteiger partial charge >= 0.3 is 5.97 Å². The second kappa shape index (κ2) is 7.04. The lowest BCUT2D eigenvalue weighted by atomic mass is 10.1. The van der Waals surface area contributed by atoms with E-state index in [4.69, 9.17) is 4.74 Å². The van der Waals surface area contributed by atoms with E-state index in [1.807, 2.05) is 30.3 Å². The maximum atomic E-state index is 13.2. The Kier molecular flexibility index (Phi) is 4.65. The SMILES string of the molecule is CCOC(=O)c1nnn(Cc2ccccc2)c1-c1ccc(F)cc1. The molecule has 24 heavy (non-hydrogen) atoms. The van der Waals surface area contributed by atoms with E-state index in [9.17, 15) is 9.18 Å². The van der Waals surface area contributed by atoms with Crippen LogP contribution in [0.2, 0.25) is 0 Å². The number of benzene rings is 2. The lowest BCUT2D eigenvalue weighted by Crippen LogP contribution is -2.09. The molecule has 0 spiro atoms. The summed E-state index contributed by atoms with van der Waals surface area (Å²) in [7, 11) is 0. The van der Waals surface area contributed by atoms with Crippen LogP contribution in [0.4, 0.5) is 4.39 Å². The monoisotopic (exact) mass is 325 g/mol. The molecule has 0 aliphatic rings. The second-order valence-corrected chi connectivity index (χ2v) is 5.16. The number of nitrogens with zero attached hydrogens (tertiary/aromatic N) is 3. The van der Waals surface area contributed by atoms with Crippen molar-refractivity contribution >= 4 is 5.97 Å². The van der Waals surface area contributed by atoms with Crippen molar-refractivity contribution in [2.24, 2.45) is 0 Å². The van der Waals surface area contributed by atoms with Crippen molar-refractivity contribution in [1.29, 1.82) is 0 Å². The summed E-state index contributed by atoms with van der Waals surface area (Å²) in [6.07, 6.45) is 0. The van der Waals surface area contributed by atoms with Gasteiger partial charge in [0, 0.05) is 5.56 Å². The van der Waals surface area contributed by atoms with E-state index < -0.39 is 5.97 Å². The number of hydrogen-bond acceptors (Lipinski definition) is 4. The maximum Gasteiger partial charge on any atom is 0.361 e. The largest absolute Gasteiger partial charge is 0.461 e. The molecule has 0 amide bonds. The Bertz CT molecular complexity index is 829. The van der Waals surface area contributed by atoms with Crippen LogP contribution in [0.5, 0.6) is 0 Å². The summed E-state index contributed by atoms with van der Waals surface area (Å²) in [6.45, 7) is 2.41. The lowest BCUT2D eigenvalue weighted by Gasteiger charge is -2.08. The predicted octanol–water partition coefficient (Wildman–Crippen LogP) is 3.31. The molecule has 1 heterocycles. The molecule has 0 saturated heterocycles. The van der Waals surface area contributed by atoms with E-state index in [0.29, 0.717) is 17.8 Å². The zero-order valence-corrected chi connectivity index (χ0v) is 13.1. The Labute approximate surface area is 138 Å². The third kappa shape index (κ3) is 3.32. The van der Waals surface area contributed by atoms with E-state index in [0.717, 1.165) is 5.56 Å². The molecule has 3 aromatic rings. The molecular weight excluding hydrogens is 309 g/mol. The zero-order valence-electron chi connectivity index (χ0n) is 13.1. The van der Waals surface area contributed by atoms with Crippen molar-refractivity contribution in [1.82, 2.24) is 15.0 Å². The fourth-order valence-corrected chi connectivity index (χ4v) is 2.41. The van der Waals surface area contributed by atoms with Crippen molar-refractivity contribution in [2.75, 3.05) is 6.61 Å². The topological polar surface area (TPSA) is 57.0 Å². The third-order valence-electron chi connectivity index (χ3n) is 3.50. The van der Waals surface area contributed by atoms with Crippen molar-refractivity contribution in [3.63, 3.8) is 0 Å². The van der Waals surface area contributed by atoms with Crippen LogP contribution >= 0.6 is 0 Å². The van der Waals surface area contributed by atoms with E-state index in [1.54, 1.807) is 23.7 Å².